The van der Waals surface area contributed by atoms with E-state index in [9.17, 15) is 9.59 Å². The highest BCUT2D eigenvalue weighted by atomic mass is 35.5. The number of aromatic nitrogens is 2. The number of halogens is 1. The summed E-state index contributed by atoms with van der Waals surface area (Å²) < 4.78 is 2.10. The van der Waals surface area contributed by atoms with Crippen LogP contribution in [-0.2, 0) is 13.1 Å². The van der Waals surface area contributed by atoms with Crippen LogP contribution < -0.4 is 0 Å². The Labute approximate surface area is 210 Å². The Hall–Kier alpha value is -2.64. The van der Waals surface area contributed by atoms with Crippen molar-refractivity contribution < 1.29 is 9.59 Å². The zero-order chi connectivity index (χ0) is 24.1. The van der Waals surface area contributed by atoms with E-state index < -0.39 is 0 Å². The number of carbonyl (C=O) groups excluding carboxylic acids is 2. The van der Waals surface area contributed by atoms with Gasteiger partial charge in [0.1, 0.15) is 10.7 Å². The summed E-state index contributed by atoms with van der Waals surface area (Å²) >= 11 is 7.79. The van der Waals surface area contributed by atoms with Crippen molar-refractivity contribution in [3.05, 3.63) is 75.0 Å². The summed E-state index contributed by atoms with van der Waals surface area (Å²) in [6.45, 7) is 7.60. The van der Waals surface area contributed by atoms with Crippen molar-refractivity contribution in [3.63, 3.8) is 0 Å². The topological polar surface area (TPSA) is 58.4 Å². The maximum Gasteiger partial charge on any atom is 0.273 e. The van der Waals surface area contributed by atoms with Crippen molar-refractivity contribution in [1.82, 2.24) is 19.4 Å². The fraction of sp³-hybridized carbons (Fsp3) is 0.423. The van der Waals surface area contributed by atoms with E-state index in [-0.39, 0.29) is 11.8 Å². The largest absolute Gasteiger partial charge is 0.343 e. The molecule has 180 valence electrons. The molecule has 1 saturated heterocycles. The lowest BCUT2D eigenvalue weighted by atomic mass is 9.99. The molecule has 0 saturated carbocycles. The van der Waals surface area contributed by atoms with Crippen molar-refractivity contribution >= 4 is 34.8 Å². The van der Waals surface area contributed by atoms with Crippen LogP contribution in [0.2, 0.25) is 5.02 Å². The molecule has 4 rings (SSSR count). The Morgan fingerprint density at radius 1 is 1.18 bits per heavy atom. The van der Waals surface area contributed by atoms with Crippen molar-refractivity contribution in [1.29, 1.82) is 0 Å². The average Bonchev–Trinajstić information content (AvgIpc) is 3.49. The van der Waals surface area contributed by atoms with Gasteiger partial charge in [0.25, 0.3) is 11.8 Å². The van der Waals surface area contributed by atoms with Crippen molar-refractivity contribution in [3.8, 4) is 0 Å². The number of nitrogens with zero attached hydrogens (tertiary/aromatic N) is 4. The minimum atomic E-state index is -0.0711. The van der Waals surface area contributed by atoms with E-state index in [1.54, 1.807) is 12.1 Å². The highest BCUT2D eigenvalue weighted by Crippen LogP contribution is 2.22. The maximum absolute atomic E-state index is 13.2. The van der Waals surface area contributed by atoms with E-state index >= 15 is 0 Å². The van der Waals surface area contributed by atoms with Crippen LogP contribution in [0.15, 0.2) is 48.0 Å². The minimum absolute atomic E-state index is 0.0292. The second-order valence-corrected chi connectivity index (χ2v) is 10.3. The monoisotopic (exact) mass is 498 g/mol. The molecular formula is C26H31ClN4O2S. The van der Waals surface area contributed by atoms with Crippen molar-refractivity contribution in [2.75, 3.05) is 19.6 Å². The molecule has 1 aromatic carbocycles. The lowest BCUT2D eigenvalue weighted by Crippen LogP contribution is -2.38. The number of piperidine rings is 1. The van der Waals surface area contributed by atoms with E-state index in [4.69, 9.17) is 11.6 Å². The molecule has 3 heterocycles. The molecule has 0 atom stereocenters. The first-order chi connectivity index (χ1) is 16.5. The Kier molecular flexibility index (Phi) is 8.06. The molecule has 0 aliphatic carbocycles. The SMILES string of the molecule is CCCN(Cc1cccn1Cc1nc(C(=O)N2CCC(C)CC2)cs1)C(=O)c1ccccc1Cl. The number of carbonyl (C=O) groups is 2. The quantitative estimate of drug-likeness (QED) is 0.408. The molecule has 0 unspecified atom stereocenters. The second-order valence-electron chi connectivity index (χ2n) is 8.94. The van der Waals surface area contributed by atoms with Gasteiger partial charge >= 0.3 is 0 Å². The fourth-order valence-corrected chi connectivity index (χ4v) is 5.25. The summed E-state index contributed by atoms with van der Waals surface area (Å²) in [6, 6.07) is 11.2. The predicted molar refractivity (Wildman–Crippen MR) is 136 cm³/mol. The van der Waals surface area contributed by atoms with Crippen LogP contribution in [0.1, 0.15) is 64.7 Å². The first-order valence-electron chi connectivity index (χ1n) is 11.9. The molecule has 0 N–H and O–H groups in total. The van der Waals surface area contributed by atoms with Crippen LogP contribution in [0.5, 0.6) is 0 Å². The molecule has 0 radical (unpaired) electrons. The van der Waals surface area contributed by atoms with Gasteiger partial charge in [0.15, 0.2) is 0 Å². The first kappa shape index (κ1) is 24.5. The number of likely N-dealkylation sites (tertiary alicyclic amines) is 1. The van der Waals surface area contributed by atoms with Crippen LogP contribution in [0.3, 0.4) is 0 Å². The molecule has 34 heavy (non-hydrogen) atoms. The summed E-state index contributed by atoms with van der Waals surface area (Å²) in [6.07, 6.45) is 4.95. The van der Waals surface area contributed by atoms with Gasteiger partial charge in [-0.1, -0.05) is 37.6 Å². The van der Waals surface area contributed by atoms with Crippen molar-refractivity contribution in [2.24, 2.45) is 5.92 Å². The zero-order valence-electron chi connectivity index (χ0n) is 19.7. The van der Waals surface area contributed by atoms with Gasteiger partial charge in [-0.05, 0) is 49.4 Å². The Morgan fingerprint density at radius 3 is 2.68 bits per heavy atom. The second kappa shape index (κ2) is 11.2. The molecule has 2 amide bonds. The molecule has 1 fully saturated rings. The average molecular weight is 499 g/mol. The van der Waals surface area contributed by atoms with Gasteiger partial charge in [-0.2, -0.15) is 0 Å². The van der Waals surface area contributed by atoms with Gasteiger partial charge in [-0.25, -0.2) is 4.98 Å². The number of benzene rings is 1. The van der Waals surface area contributed by atoms with Gasteiger partial charge < -0.3 is 14.4 Å². The third-order valence-corrected chi connectivity index (χ3v) is 7.47. The van der Waals surface area contributed by atoms with Crippen LogP contribution in [0.4, 0.5) is 0 Å². The maximum atomic E-state index is 13.2. The molecule has 1 aliphatic heterocycles. The Morgan fingerprint density at radius 2 is 1.94 bits per heavy atom. The Balaban J connectivity index is 1.45. The van der Waals surface area contributed by atoms with Gasteiger partial charge in [0.05, 0.1) is 23.7 Å². The van der Waals surface area contributed by atoms with E-state index in [2.05, 4.69) is 23.4 Å². The highest BCUT2D eigenvalue weighted by molar-refractivity contribution is 7.09. The fourth-order valence-electron chi connectivity index (χ4n) is 4.27. The first-order valence-corrected chi connectivity index (χ1v) is 13.1. The van der Waals surface area contributed by atoms with E-state index in [0.29, 0.717) is 41.8 Å². The lowest BCUT2D eigenvalue weighted by Gasteiger charge is -2.29. The van der Waals surface area contributed by atoms with E-state index in [0.717, 1.165) is 43.1 Å². The summed E-state index contributed by atoms with van der Waals surface area (Å²) in [7, 11) is 0. The van der Waals surface area contributed by atoms with E-state index in [1.807, 2.05) is 45.6 Å². The molecule has 8 heteroatoms. The van der Waals surface area contributed by atoms with Gasteiger partial charge in [0.2, 0.25) is 0 Å². The summed E-state index contributed by atoms with van der Waals surface area (Å²) in [5, 5.41) is 3.21. The molecule has 1 aliphatic rings. The smallest absolute Gasteiger partial charge is 0.273 e. The highest BCUT2D eigenvalue weighted by Gasteiger charge is 2.24. The van der Waals surface area contributed by atoms with Gasteiger partial charge in [-0.15, -0.1) is 11.3 Å². The van der Waals surface area contributed by atoms with Crippen LogP contribution >= 0.6 is 22.9 Å². The molecule has 3 aromatic rings. The zero-order valence-corrected chi connectivity index (χ0v) is 21.3. The minimum Gasteiger partial charge on any atom is -0.343 e. The summed E-state index contributed by atoms with van der Waals surface area (Å²) in [4.78, 5) is 34.4. The number of hydrogen-bond donors (Lipinski definition) is 0. The van der Waals surface area contributed by atoms with Crippen molar-refractivity contribution in [2.45, 2.75) is 46.2 Å². The van der Waals surface area contributed by atoms with Gasteiger partial charge in [-0.3, -0.25) is 9.59 Å². The van der Waals surface area contributed by atoms with Crippen LogP contribution in [0.25, 0.3) is 0 Å². The van der Waals surface area contributed by atoms with E-state index in [1.165, 1.54) is 11.3 Å². The number of amides is 2. The molecule has 6 nitrogen and oxygen atoms in total. The molecule has 0 bridgehead atoms. The van der Waals surface area contributed by atoms with Crippen LogP contribution in [0, 0.1) is 5.92 Å². The summed E-state index contributed by atoms with van der Waals surface area (Å²) in [5.74, 6) is 0.638. The lowest BCUT2D eigenvalue weighted by molar-refractivity contribution is 0.0690. The normalized spacial score (nSPS) is 14.4. The number of thiazole rings is 1. The number of rotatable bonds is 8. The Bertz CT molecular complexity index is 1130. The molecular weight excluding hydrogens is 468 g/mol. The third-order valence-electron chi connectivity index (χ3n) is 6.31. The predicted octanol–water partition coefficient (Wildman–Crippen LogP) is 5.57. The molecule has 2 aromatic heterocycles. The third kappa shape index (κ3) is 5.70. The number of hydrogen-bond acceptors (Lipinski definition) is 4. The van der Waals surface area contributed by atoms with Crippen LogP contribution in [-0.4, -0.2) is 50.8 Å². The van der Waals surface area contributed by atoms with Gasteiger partial charge in [0, 0.05) is 36.9 Å². The standard InChI is InChI=1S/C26H31ClN4O2S/c1-3-12-31(25(32)21-8-4-5-9-22(21)27)16-20-7-6-13-30(20)17-24-28-23(18-34-24)26(33)29-14-10-19(2)11-15-29/h4-9,13,18-19H,3,10-12,14-17H2,1-2H3. The summed E-state index contributed by atoms with van der Waals surface area (Å²) in [5.41, 5.74) is 2.07. The molecule has 0 spiro atoms.